The SMILES string of the molecule is CCC(NC)c1c(C)nn(CCS(=O)(=O)C(C)C)c1C. The van der Waals surface area contributed by atoms with Gasteiger partial charge in [-0.2, -0.15) is 5.10 Å². The topological polar surface area (TPSA) is 64.0 Å². The smallest absolute Gasteiger partial charge is 0.154 e. The van der Waals surface area contributed by atoms with Gasteiger partial charge in [0.1, 0.15) is 0 Å². The number of hydrogen-bond acceptors (Lipinski definition) is 4. The van der Waals surface area contributed by atoms with Gasteiger partial charge < -0.3 is 5.32 Å². The first-order valence-corrected chi connectivity index (χ1v) is 8.88. The van der Waals surface area contributed by atoms with Crippen molar-refractivity contribution in [1.82, 2.24) is 15.1 Å². The van der Waals surface area contributed by atoms with Crippen molar-refractivity contribution in [3.63, 3.8) is 0 Å². The van der Waals surface area contributed by atoms with E-state index >= 15 is 0 Å². The molecule has 0 aliphatic rings. The number of nitrogens with zero attached hydrogens (tertiary/aromatic N) is 2. The van der Waals surface area contributed by atoms with Gasteiger partial charge in [-0.15, -0.1) is 0 Å². The molecule has 20 heavy (non-hydrogen) atoms. The molecule has 0 aromatic carbocycles. The van der Waals surface area contributed by atoms with E-state index in [0.29, 0.717) is 6.54 Å². The minimum Gasteiger partial charge on any atom is -0.313 e. The van der Waals surface area contributed by atoms with Gasteiger partial charge in [0, 0.05) is 17.3 Å². The molecule has 0 spiro atoms. The maximum atomic E-state index is 11.9. The Bertz CT molecular complexity index is 543. The van der Waals surface area contributed by atoms with Crippen molar-refractivity contribution in [2.45, 2.75) is 58.9 Å². The van der Waals surface area contributed by atoms with Gasteiger partial charge in [0.05, 0.1) is 23.2 Å². The van der Waals surface area contributed by atoms with Crippen LogP contribution in [0, 0.1) is 13.8 Å². The Labute approximate surface area is 122 Å². The highest BCUT2D eigenvalue weighted by Crippen LogP contribution is 2.23. The van der Waals surface area contributed by atoms with Crippen molar-refractivity contribution in [3.05, 3.63) is 17.0 Å². The van der Waals surface area contributed by atoms with Crippen LogP contribution in [0.3, 0.4) is 0 Å². The van der Waals surface area contributed by atoms with Crippen LogP contribution in [0.2, 0.25) is 0 Å². The van der Waals surface area contributed by atoms with Crippen molar-refractivity contribution in [3.8, 4) is 0 Å². The van der Waals surface area contributed by atoms with E-state index in [1.807, 2.05) is 25.6 Å². The first-order chi connectivity index (χ1) is 9.24. The molecule has 0 amide bonds. The van der Waals surface area contributed by atoms with Crippen LogP contribution in [0.1, 0.15) is 50.2 Å². The van der Waals surface area contributed by atoms with E-state index in [-0.39, 0.29) is 17.0 Å². The summed E-state index contributed by atoms with van der Waals surface area (Å²) in [7, 11) is -1.09. The van der Waals surface area contributed by atoms with Crippen LogP contribution in [-0.4, -0.2) is 36.2 Å². The van der Waals surface area contributed by atoms with Crippen LogP contribution in [0.4, 0.5) is 0 Å². The maximum Gasteiger partial charge on any atom is 0.154 e. The largest absolute Gasteiger partial charge is 0.313 e. The van der Waals surface area contributed by atoms with Crippen LogP contribution in [-0.2, 0) is 16.4 Å². The average molecular weight is 301 g/mol. The second kappa shape index (κ2) is 6.72. The molecule has 0 aliphatic heterocycles. The monoisotopic (exact) mass is 301 g/mol. The third-order valence-corrected chi connectivity index (χ3v) is 6.04. The quantitative estimate of drug-likeness (QED) is 0.836. The van der Waals surface area contributed by atoms with Crippen LogP contribution >= 0.6 is 0 Å². The molecule has 1 heterocycles. The van der Waals surface area contributed by atoms with Crippen molar-refractivity contribution in [2.75, 3.05) is 12.8 Å². The number of aromatic nitrogens is 2. The van der Waals surface area contributed by atoms with Crippen LogP contribution < -0.4 is 5.32 Å². The number of hydrogen-bond donors (Lipinski definition) is 1. The highest BCUT2D eigenvalue weighted by Gasteiger charge is 2.21. The molecule has 1 aromatic heterocycles. The van der Waals surface area contributed by atoms with Crippen molar-refractivity contribution in [2.24, 2.45) is 0 Å². The number of nitrogens with one attached hydrogen (secondary N) is 1. The second-order valence-electron chi connectivity index (χ2n) is 5.47. The van der Waals surface area contributed by atoms with Gasteiger partial charge in [-0.3, -0.25) is 4.68 Å². The first-order valence-electron chi connectivity index (χ1n) is 7.17. The van der Waals surface area contributed by atoms with Gasteiger partial charge in [0.15, 0.2) is 9.84 Å². The van der Waals surface area contributed by atoms with Crippen LogP contribution in [0.15, 0.2) is 0 Å². The maximum absolute atomic E-state index is 11.9. The third-order valence-electron chi connectivity index (χ3n) is 3.85. The lowest BCUT2D eigenvalue weighted by molar-refractivity contribution is 0.560. The number of rotatable bonds is 7. The Kier molecular flexibility index (Phi) is 5.77. The van der Waals surface area contributed by atoms with Crippen LogP contribution in [0.25, 0.3) is 0 Å². The van der Waals surface area contributed by atoms with Crippen LogP contribution in [0.5, 0.6) is 0 Å². The van der Waals surface area contributed by atoms with Gasteiger partial charge in [0.2, 0.25) is 0 Å². The molecule has 116 valence electrons. The highest BCUT2D eigenvalue weighted by atomic mass is 32.2. The van der Waals surface area contributed by atoms with E-state index in [9.17, 15) is 8.42 Å². The summed E-state index contributed by atoms with van der Waals surface area (Å²) in [5.41, 5.74) is 3.23. The summed E-state index contributed by atoms with van der Waals surface area (Å²) < 4.78 is 25.6. The van der Waals surface area contributed by atoms with Gasteiger partial charge in [-0.05, 0) is 41.2 Å². The molecule has 5 nitrogen and oxygen atoms in total. The number of aryl methyl sites for hydroxylation is 2. The molecule has 0 radical (unpaired) electrons. The summed E-state index contributed by atoms with van der Waals surface area (Å²) in [5, 5.41) is 7.45. The van der Waals surface area contributed by atoms with E-state index in [1.165, 1.54) is 5.56 Å². The molecular formula is C14H27N3O2S. The van der Waals surface area contributed by atoms with Crippen molar-refractivity contribution < 1.29 is 8.42 Å². The Morgan fingerprint density at radius 3 is 2.35 bits per heavy atom. The van der Waals surface area contributed by atoms with Gasteiger partial charge >= 0.3 is 0 Å². The first kappa shape index (κ1) is 17.2. The predicted octanol–water partition coefficient (Wildman–Crippen LogP) is 1.99. The molecule has 1 atom stereocenters. The minimum atomic E-state index is -3.02. The zero-order chi connectivity index (χ0) is 15.5. The summed E-state index contributed by atoms with van der Waals surface area (Å²) in [5.74, 6) is 0.141. The molecule has 0 saturated heterocycles. The average Bonchev–Trinajstić information content (AvgIpc) is 2.65. The lowest BCUT2D eigenvalue weighted by atomic mass is 10.0. The molecule has 1 N–H and O–H groups in total. The van der Waals surface area contributed by atoms with Crippen molar-refractivity contribution >= 4 is 9.84 Å². The van der Waals surface area contributed by atoms with Gasteiger partial charge in [0.25, 0.3) is 0 Å². The zero-order valence-electron chi connectivity index (χ0n) is 13.4. The molecular weight excluding hydrogens is 274 g/mol. The third kappa shape index (κ3) is 3.61. The van der Waals surface area contributed by atoms with E-state index in [0.717, 1.165) is 17.8 Å². The lowest BCUT2D eigenvalue weighted by Crippen LogP contribution is -2.22. The fourth-order valence-electron chi connectivity index (χ4n) is 2.43. The highest BCUT2D eigenvalue weighted by molar-refractivity contribution is 7.91. The molecule has 0 aliphatic carbocycles. The molecule has 1 aromatic rings. The predicted molar refractivity (Wildman–Crippen MR) is 82.7 cm³/mol. The Morgan fingerprint density at radius 1 is 1.30 bits per heavy atom. The summed E-state index contributed by atoms with van der Waals surface area (Å²) >= 11 is 0. The Hall–Kier alpha value is -0.880. The van der Waals surface area contributed by atoms with Gasteiger partial charge in [-0.25, -0.2) is 8.42 Å². The lowest BCUT2D eigenvalue weighted by Gasteiger charge is -2.15. The molecule has 6 heteroatoms. The summed E-state index contributed by atoms with van der Waals surface area (Å²) in [6, 6.07) is 0.269. The minimum absolute atomic E-state index is 0.141. The second-order valence-corrected chi connectivity index (χ2v) is 8.15. The standard InChI is InChI=1S/C14H27N3O2S/c1-7-13(15-6)14-11(4)16-17(12(14)5)8-9-20(18,19)10(2)3/h10,13,15H,7-9H2,1-6H3. The normalized spacial score (nSPS) is 13.9. The van der Waals surface area contributed by atoms with E-state index in [2.05, 4.69) is 17.3 Å². The summed E-state index contributed by atoms with van der Waals surface area (Å²) in [6.07, 6.45) is 0.980. The molecule has 1 rings (SSSR count). The molecule has 0 bridgehead atoms. The van der Waals surface area contributed by atoms with E-state index < -0.39 is 9.84 Å². The van der Waals surface area contributed by atoms with Gasteiger partial charge in [-0.1, -0.05) is 6.92 Å². The fraction of sp³-hybridized carbons (Fsp3) is 0.786. The molecule has 0 fully saturated rings. The number of sulfone groups is 1. The Morgan fingerprint density at radius 2 is 1.90 bits per heavy atom. The van der Waals surface area contributed by atoms with Crippen molar-refractivity contribution in [1.29, 1.82) is 0 Å². The van der Waals surface area contributed by atoms with E-state index in [4.69, 9.17) is 0 Å². The molecule has 0 saturated carbocycles. The molecule has 1 unspecified atom stereocenters. The zero-order valence-corrected chi connectivity index (χ0v) is 14.2. The Balaban J connectivity index is 2.97. The fourth-order valence-corrected chi connectivity index (χ4v) is 3.33. The summed E-state index contributed by atoms with van der Waals surface area (Å²) in [6.45, 7) is 9.98. The van der Waals surface area contributed by atoms with E-state index in [1.54, 1.807) is 13.8 Å². The summed E-state index contributed by atoms with van der Waals surface area (Å²) in [4.78, 5) is 0.